The maximum Gasteiger partial charge on any atom is 0.280 e. The molecule has 0 heterocycles. The van der Waals surface area contributed by atoms with Gasteiger partial charge in [0.25, 0.3) is 5.97 Å². The molecule has 0 atom stereocenters. The van der Waals surface area contributed by atoms with Crippen LogP contribution in [0.3, 0.4) is 0 Å². The second-order valence-corrected chi connectivity index (χ2v) is 2.77. The van der Waals surface area contributed by atoms with Crippen LogP contribution in [0, 0.1) is 0 Å². The summed E-state index contributed by atoms with van der Waals surface area (Å²) in [5.41, 5.74) is 15.9. The number of nitrogens with two attached hydrogens (primary N) is 3. The first-order valence-electron chi connectivity index (χ1n) is 4.70. The largest absolute Gasteiger partial charge is 0.328 e. The Kier molecular flexibility index (Phi) is 7.96. The summed E-state index contributed by atoms with van der Waals surface area (Å²) >= 11 is 0. The fraction of sp³-hybridized carbons (Fsp3) is 1.00. The zero-order chi connectivity index (χ0) is 10.9. The molecule has 0 bridgehead atoms. The van der Waals surface area contributed by atoms with Gasteiger partial charge in [-0.05, 0) is 0 Å². The molecule has 0 saturated carbocycles. The molecule has 0 radical (unpaired) electrons. The molecular formula is C8H21N3O3. The van der Waals surface area contributed by atoms with Crippen molar-refractivity contribution in [1.82, 2.24) is 0 Å². The molecule has 86 valence electrons. The van der Waals surface area contributed by atoms with Crippen LogP contribution in [-0.2, 0) is 14.2 Å². The zero-order valence-electron chi connectivity index (χ0n) is 8.70. The summed E-state index contributed by atoms with van der Waals surface area (Å²) < 4.78 is 15.9. The normalized spacial score (nSPS) is 12.0. The molecule has 0 aromatic heterocycles. The van der Waals surface area contributed by atoms with Crippen molar-refractivity contribution in [3.05, 3.63) is 0 Å². The first kappa shape index (κ1) is 13.8. The lowest BCUT2D eigenvalue weighted by atomic mass is 10.5. The van der Waals surface area contributed by atoms with Gasteiger partial charge in [0, 0.05) is 26.6 Å². The van der Waals surface area contributed by atoms with Gasteiger partial charge in [-0.2, -0.15) is 0 Å². The van der Waals surface area contributed by atoms with Crippen molar-refractivity contribution in [2.24, 2.45) is 17.2 Å². The summed E-state index contributed by atoms with van der Waals surface area (Å²) in [6.45, 7) is 4.01. The van der Waals surface area contributed by atoms with E-state index in [2.05, 4.69) is 0 Å². The van der Waals surface area contributed by atoms with Gasteiger partial charge in [-0.1, -0.05) is 0 Å². The summed E-state index contributed by atoms with van der Waals surface area (Å²) in [7, 11) is 0. The minimum atomic E-state index is -1.09. The summed E-state index contributed by atoms with van der Waals surface area (Å²) in [5, 5.41) is 0. The molecule has 0 saturated heterocycles. The highest BCUT2D eigenvalue weighted by molar-refractivity contribution is 4.50. The van der Waals surface area contributed by atoms with Gasteiger partial charge in [-0.15, -0.1) is 0 Å². The highest BCUT2D eigenvalue weighted by Gasteiger charge is 2.26. The Morgan fingerprint density at radius 2 is 1.07 bits per heavy atom. The van der Waals surface area contributed by atoms with E-state index in [1.165, 1.54) is 0 Å². The Morgan fingerprint density at radius 3 is 1.29 bits per heavy atom. The average molecular weight is 207 g/mol. The third-order valence-corrected chi connectivity index (χ3v) is 1.45. The second kappa shape index (κ2) is 8.10. The van der Waals surface area contributed by atoms with Gasteiger partial charge in [-0.3, -0.25) is 0 Å². The van der Waals surface area contributed by atoms with Gasteiger partial charge < -0.3 is 31.4 Å². The van der Waals surface area contributed by atoms with Crippen molar-refractivity contribution in [3.8, 4) is 0 Å². The Morgan fingerprint density at radius 1 is 0.786 bits per heavy atom. The summed E-state index contributed by atoms with van der Waals surface area (Å²) in [6, 6.07) is 0. The van der Waals surface area contributed by atoms with Gasteiger partial charge in [0.1, 0.15) is 0 Å². The Bertz CT molecular complexity index is 113. The standard InChI is InChI=1S/C8H21N3O3/c1-8(12-5-2-9,13-6-3-10)14-7-4-11/h2-7,9-11H2,1H3. The van der Waals surface area contributed by atoms with Crippen molar-refractivity contribution in [1.29, 1.82) is 0 Å². The topological polar surface area (TPSA) is 106 Å². The van der Waals surface area contributed by atoms with Crippen molar-refractivity contribution in [3.63, 3.8) is 0 Å². The molecule has 0 rings (SSSR count). The van der Waals surface area contributed by atoms with Crippen LogP contribution in [0.5, 0.6) is 0 Å². The third-order valence-electron chi connectivity index (χ3n) is 1.45. The van der Waals surface area contributed by atoms with E-state index in [0.29, 0.717) is 39.5 Å². The van der Waals surface area contributed by atoms with Crippen LogP contribution in [0.1, 0.15) is 6.92 Å². The number of ether oxygens (including phenoxy) is 3. The van der Waals surface area contributed by atoms with E-state index in [-0.39, 0.29) is 0 Å². The van der Waals surface area contributed by atoms with Crippen LogP contribution in [0.15, 0.2) is 0 Å². The minimum absolute atomic E-state index is 0.367. The van der Waals surface area contributed by atoms with E-state index in [0.717, 1.165) is 0 Å². The Hall–Kier alpha value is -0.240. The molecular weight excluding hydrogens is 186 g/mol. The van der Waals surface area contributed by atoms with E-state index in [4.69, 9.17) is 31.4 Å². The third kappa shape index (κ3) is 6.25. The summed E-state index contributed by atoms with van der Waals surface area (Å²) in [5.74, 6) is -1.09. The van der Waals surface area contributed by atoms with E-state index in [9.17, 15) is 0 Å². The Labute approximate surface area is 84.7 Å². The lowest BCUT2D eigenvalue weighted by Gasteiger charge is -2.29. The molecule has 6 N–H and O–H groups in total. The quantitative estimate of drug-likeness (QED) is 0.401. The molecule has 0 unspecified atom stereocenters. The molecule has 6 nitrogen and oxygen atoms in total. The molecule has 0 aliphatic rings. The smallest absolute Gasteiger partial charge is 0.280 e. The highest BCUT2D eigenvalue weighted by Crippen LogP contribution is 2.13. The summed E-state index contributed by atoms with van der Waals surface area (Å²) in [4.78, 5) is 0. The minimum Gasteiger partial charge on any atom is -0.328 e. The fourth-order valence-electron chi connectivity index (χ4n) is 0.858. The van der Waals surface area contributed by atoms with Crippen LogP contribution in [0.2, 0.25) is 0 Å². The number of rotatable bonds is 9. The van der Waals surface area contributed by atoms with Crippen LogP contribution < -0.4 is 17.2 Å². The van der Waals surface area contributed by atoms with Crippen LogP contribution in [0.4, 0.5) is 0 Å². The van der Waals surface area contributed by atoms with Gasteiger partial charge >= 0.3 is 0 Å². The summed E-state index contributed by atoms with van der Waals surface area (Å²) in [6.07, 6.45) is 0. The monoisotopic (exact) mass is 207 g/mol. The number of hydrogen-bond donors (Lipinski definition) is 3. The zero-order valence-corrected chi connectivity index (χ0v) is 8.70. The van der Waals surface area contributed by atoms with E-state index in [1.807, 2.05) is 0 Å². The van der Waals surface area contributed by atoms with Crippen molar-refractivity contribution in [2.75, 3.05) is 39.5 Å². The molecule has 0 aromatic carbocycles. The first-order valence-corrected chi connectivity index (χ1v) is 4.70. The van der Waals surface area contributed by atoms with Gasteiger partial charge in [0.15, 0.2) is 0 Å². The van der Waals surface area contributed by atoms with Crippen LogP contribution in [-0.4, -0.2) is 45.4 Å². The van der Waals surface area contributed by atoms with Gasteiger partial charge in [0.05, 0.1) is 19.8 Å². The van der Waals surface area contributed by atoms with Crippen molar-refractivity contribution < 1.29 is 14.2 Å². The van der Waals surface area contributed by atoms with Gasteiger partial charge in [0.2, 0.25) is 0 Å². The second-order valence-electron chi connectivity index (χ2n) is 2.77. The van der Waals surface area contributed by atoms with Crippen LogP contribution in [0.25, 0.3) is 0 Å². The van der Waals surface area contributed by atoms with Crippen molar-refractivity contribution in [2.45, 2.75) is 12.9 Å². The van der Waals surface area contributed by atoms with Crippen LogP contribution >= 0.6 is 0 Å². The Balaban J connectivity index is 3.89. The molecule has 0 aromatic rings. The van der Waals surface area contributed by atoms with E-state index >= 15 is 0 Å². The SMILES string of the molecule is CC(OCCN)(OCCN)OCCN. The lowest BCUT2D eigenvalue weighted by Crippen LogP contribution is -2.40. The highest BCUT2D eigenvalue weighted by atomic mass is 16.9. The van der Waals surface area contributed by atoms with Crippen molar-refractivity contribution >= 4 is 0 Å². The van der Waals surface area contributed by atoms with E-state index < -0.39 is 5.97 Å². The predicted molar refractivity (Wildman–Crippen MR) is 53.4 cm³/mol. The maximum absolute atomic E-state index is 5.31. The first-order chi connectivity index (χ1) is 6.68. The fourth-order valence-corrected chi connectivity index (χ4v) is 0.858. The lowest BCUT2D eigenvalue weighted by molar-refractivity contribution is -0.367. The molecule has 0 amide bonds. The predicted octanol–water partition coefficient (Wildman–Crippen LogP) is -1.41. The number of hydrogen-bond acceptors (Lipinski definition) is 6. The van der Waals surface area contributed by atoms with Gasteiger partial charge in [-0.25, -0.2) is 0 Å². The van der Waals surface area contributed by atoms with E-state index in [1.54, 1.807) is 6.92 Å². The molecule has 14 heavy (non-hydrogen) atoms. The molecule has 0 fully saturated rings. The molecule has 0 spiro atoms. The maximum atomic E-state index is 5.31. The molecule has 6 heteroatoms. The average Bonchev–Trinajstić information content (AvgIpc) is 2.21. The molecule has 0 aliphatic carbocycles. The molecule has 0 aliphatic heterocycles.